The molecule has 0 aliphatic rings. The van der Waals surface area contributed by atoms with E-state index in [2.05, 4.69) is 11.9 Å². The largest absolute Gasteiger partial charge is 0.478 e. The zero-order valence-corrected chi connectivity index (χ0v) is 12.0. The van der Waals surface area contributed by atoms with Crippen LogP contribution in [0.1, 0.15) is 52.0 Å². The highest BCUT2D eigenvalue weighted by molar-refractivity contribution is 5.87. The van der Waals surface area contributed by atoms with Gasteiger partial charge in [-0.25, -0.2) is 9.78 Å². The zero-order valence-electron chi connectivity index (χ0n) is 12.0. The van der Waals surface area contributed by atoms with Crippen molar-refractivity contribution in [2.75, 3.05) is 0 Å². The molecular weight excluding hydrogens is 268 g/mol. The Bertz CT molecular complexity index is 629. The van der Waals surface area contributed by atoms with Crippen LogP contribution in [0.15, 0.2) is 30.5 Å². The zero-order chi connectivity index (χ0) is 15.2. The molecule has 2 rings (SSSR count). The molecule has 110 valence electrons. The van der Waals surface area contributed by atoms with Gasteiger partial charge in [0.25, 0.3) is 0 Å². The van der Waals surface area contributed by atoms with E-state index < -0.39 is 5.97 Å². The number of carboxylic acid groups (broad SMARTS) is 1. The van der Waals surface area contributed by atoms with Gasteiger partial charge in [-0.15, -0.1) is 0 Å². The summed E-state index contributed by atoms with van der Waals surface area (Å²) in [6.07, 6.45) is 5.30. The van der Waals surface area contributed by atoms with Gasteiger partial charge in [0, 0.05) is 13.0 Å². The van der Waals surface area contributed by atoms with Gasteiger partial charge >= 0.3 is 5.97 Å². The molecular formula is C16H18N2O3. The standard InChI is InChI=1S/C16H18N2O3/c1-2-3-4-15-17-9-14(11-19)18(15)10-12-5-7-13(8-6-12)16(20)21/h5-9,11H,2-4,10H2,1H3,(H,20,21). The van der Waals surface area contributed by atoms with Crippen LogP contribution in [-0.2, 0) is 13.0 Å². The normalized spacial score (nSPS) is 10.5. The van der Waals surface area contributed by atoms with Gasteiger partial charge in [0.1, 0.15) is 11.5 Å². The Morgan fingerprint density at radius 2 is 2.05 bits per heavy atom. The van der Waals surface area contributed by atoms with Crippen LogP contribution < -0.4 is 0 Å². The number of aromatic nitrogens is 2. The van der Waals surface area contributed by atoms with Crippen molar-refractivity contribution < 1.29 is 14.7 Å². The van der Waals surface area contributed by atoms with E-state index in [1.165, 1.54) is 0 Å². The number of aryl methyl sites for hydroxylation is 1. The summed E-state index contributed by atoms with van der Waals surface area (Å²) < 4.78 is 1.89. The highest BCUT2D eigenvalue weighted by Gasteiger charge is 2.10. The summed E-state index contributed by atoms with van der Waals surface area (Å²) in [6.45, 7) is 2.63. The molecule has 0 aliphatic carbocycles. The van der Waals surface area contributed by atoms with Gasteiger partial charge in [-0.1, -0.05) is 25.5 Å². The van der Waals surface area contributed by atoms with Crippen molar-refractivity contribution >= 4 is 12.3 Å². The van der Waals surface area contributed by atoms with Crippen molar-refractivity contribution in [1.82, 2.24) is 9.55 Å². The monoisotopic (exact) mass is 286 g/mol. The van der Waals surface area contributed by atoms with Crippen molar-refractivity contribution in [1.29, 1.82) is 0 Å². The van der Waals surface area contributed by atoms with Gasteiger partial charge < -0.3 is 9.67 Å². The van der Waals surface area contributed by atoms with Crippen LogP contribution in [0, 0.1) is 0 Å². The first kappa shape index (κ1) is 15.0. The van der Waals surface area contributed by atoms with E-state index in [1.807, 2.05) is 4.57 Å². The molecule has 0 unspecified atom stereocenters. The number of carboxylic acids is 1. The predicted octanol–water partition coefficient (Wildman–Crippen LogP) is 2.78. The lowest BCUT2D eigenvalue weighted by Crippen LogP contribution is -2.09. The lowest BCUT2D eigenvalue weighted by atomic mass is 10.1. The number of aromatic carboxylic acids is 1. The number of unbranched alkanes of at least 4 members (excludes halogenated alkanes) is 1. The Morgan fingerprint density at radius 3 is 2.62 bits per heavy atom. The second-order valence-corrected chi connectivity index (χ2v) is 4.91. The van der Waals surface area contributed by atoms with E-state index >= 15 is 0 Å². The Morgan fingerprint density at radius 1 is 1.33 bits per heavy atom. The third-order valence-corrected chi connectivity index (χ3v) is 3.39. The van der Waals surface area contributed by atoms with Gasteiger partial charge in [0.15, 0.2) is 6.29 Å². The molecule has 5 heteroatoms. The highest BCUT2D eigenvalue weighted by Crippen LogP contribution is 2.12. The van der Waals surface area contributed by atoms with Gasteiger partial charge in [0.05, 0.1) is 11.8 Å². The minimum atomic E-state index is -0.943. The summed E-state index contributed by atoms with van der Waals surface area (Å²) in [6, 6.07) is 6.67. The molecule has 1 aromatic heterocycles. The lowest BCUT2D eigenvalue weighted by Gasteiger charge is -2.10. The molecule has 1 N–H and O–H groups in total. The maximum absolute atomic E-state index is 11.1. The molecule has 0 bridgehead atoms. The number of benzene rings is 1. The van der Waals surface area contributed by atoms with E-state index in [-0.39, 0.29) is 5.56 Å². The number of rotatable bonds is 7. The Kier molecular flexibility index (Phi) is 4.87. The Balaban J connectivity index is 2.22. The van der Waals surface area contributed by atoms with Crippen molar-refractivity contribution in [3.63, 3.8) is 0 Å². The maximum Gasteiger partial charge on any atom is 0.335 e. The minimum absolute atomic E-state index is 0.256. The van der Waals surface area contributed by atoms with Crippen molar-refractivity contribution in [3.05, 3.63) is 53.1 Å². The van der Waals surface area contributed by atoms with Crippen LogP contribution in [0.4, 0.5) is 0 Å². The van der Waals surface area contributed by atoms with Gasteiger partial charge in [0.2, 0.25) is 0 Å². The molecule has 0 atom stereocenters. The topological polar surface area (TPSA) is 72.2 Å². The first-order chi connectivity index (χ1) is 10.2. The van der Waals surface area contributed by atoms with Crippen LogP contribution in [-0.4, -0.2) is 26.9 Å². The predicted molar refractivity (Wildman–Crippen MR) is 78.7 cm³/mol. The second kappa shape index (κ2) is 6.83. The molecule has 0 radical (unpaired) electrons. The molecule has 5 nitrogen and oxygen atoms in total. The number of hydrogen-bond acceptors (Lipinski definition) is 3. The summed E-state index contributed by atoms with van der Waals surface area (Å²) in [7, 11) is 0. The summed E-state index contributed by atoms with van der Waals surface area (Å²) >= 11 is 0. The third kappa shape index (κ3) is 3.56. The number of imidazole rings is 1. The molecule has 0 aliphatic heterocycles. The number of aldehydes is 1. The van der Waals surface area contributed by atoms with Crippen LogP contribution in [0.3, 0.4) is 0 Å². The van der Waals surface area contributed by atoms with Crippen molar-refractivity contribution in [2.24, 2.45) is 0 Å². The van der Waals surface area contributed by atoms with E-state index in [4.69, 9.17) is 5.11 Å². The second-order valence-electron chi connectivity index (χ2n) is 4.91. The Labute approximate surface area is 123 Å². The summed E-state index contributed by atoms with van der Waals surface area (Å²) in [5, 5.41) is 8.89. The first-order valence-electron chi connectivity index (χ1n) is 6.97. The molecule has 2 aromatic rings. The van der Waals surface area contributed by atoms with Crippen LogP contribution in [0.25, 0.3) is 0 Å². The number of nitrogens with zero attached hydrogens (tertiary/aromatic N) is 2. The molecule has 0 saturated heterocycles. The summed E-state index contributed by atoms with van der Waals surface area (Å²) in [5.74, 6) is -0.0531. The van der Waals surface area contributed by atoms with E-state index in [0.29, 0.717) is 12.2 Å². The lowest BCUT2D eigenvalue weighted by molar-refractivity contribution is 0.0696. The van der Waals surface area contributed by atoms with Crippen molar-refractivity contribution in [3.8, 4) is 0 Å². The maximum atomic E-state index is 11.1. The minimum Gasteiger partial charge on any atom is -0.478 e. The summed E-state index contributed by atoms with van der Waals surface area (Å²) in [5.41, 5.74) is 1.74. The van der Waals surface area contributed by atoms with Crippen LogP contribution in [0.5, 0.6) is 0 Å². The number of carbonyl (C=O) groups excluding carboxylic acids is 1. The van der Waals surface area contributed by atoms with Gasteiger partial charge in [-0.3, -0.25) is 4.79 Å². The Hall–Kier alpha value is -2.43. The molecule has 0 spiro atoms. The molecule has 21 heavy (non-hydrogen) atoms. The average Bonchev–Trinajstić information content (AvgIpc) is 2.87. The quantitative estimate of drug-likeness (QED) is 0.794. The van der Waals surface area contributed by atoms with E-state index in [1.54, 1.807) is 30.5 Å². The molecule has 0 saturated carbocycles. The molecule has 0 fully saturated rings. The van der Waals surface area contributed by atoms with Gasteiger partial charge in [-0.05, 0) is 24.1 Å². The number of carbonyl (C=O) groups is 2. The average molecular weight is 286 g/mol. The van der Waals surface area contributed by atoms with Crippen molar-refractivity contribution in [2.45, 2.75) is 32.7 Å². The SMILES string of the molecule is CCCCc1ncc(C=O)n1Cc1ccc(C(=O)O)cc1. The fourth-order valence-electron chi connectivity index (χ4n) is 2.18. The van der Waals surface area contributed by atoms with Crippen LogP contribution >= 0.6 is 0 Å². The number of hydrogen-bond donors (Lipinski definition) is 1. The smallest absolute Gasteiger partial charge is 0.335 e. The van der Waals surface area contributed by atoms with Gasteiger partial charge in [-0.2, -0.15) is 0 Å². The van der Waals surface area contributed by atoms with Crippen LogP contribution in [0.2, 0.25) is 0 Å². The summed E-state index contributed by atoms with van der Waals surface area (Å²) in [4.78, 5) is 26.3. The van der Waals surface area contributed by atoms with E-state index in [9.17, 15) is 9.59 Å². The third-order valence-electron chi connectivity index (χ3n) is 3.39. The fraction of sp³-hybridized carbons (Fsp3) is 0.312. The van der Waals surface area contributed by atoms with E-state index in [0.717, 1.165) is 36.9 Å². The first-order valence-corrected chi connectivity index (χ1v) is 6.97. The fourth-order valence-corrected chi connectivity index (χ4v) is 2.18. The molecule has 1 heterocycles. The molecule has 0 amide bonds. The highest BCUT2D eigenvalue weighted by atomic mass is 16.4. The molecule has 1 aromatic carbocycles.